The molecule has 0 amide bonds. The van der Waals surface area contributed by atoms with Crippen molar-refractivity contribution in [3.8, 4) is 5.75 Å². The Morgan fingerprint density at radius 3 is 1.61 bits per heavy atom. The number of esters is 2. The highest BCUT2D eigenvalue weighted by Gasteiger charge is 2.34. The summed E-state index contributed by atoms with van der Waals surface area (Å²) < 4.78 is 18.0. The Bertz CT molecular complexity index is 1540. The van der Waals surface area contributed by atoms with Crippen LogP contribution in [0.5, 0.6) is 5.75 Å². The van der Waals surface area contributed by atoms with E-state index in [2.05, 4.69) is 25.1 Å². The minimum absolute atomic E-state index is 0.324. The van der Waals surface area contributed by atoms with Crippen LogP contribution in [0.1, 0.15) is 81.6 Å². The summed E-state index contributed by atoms with van der Waals surface area (Å²) in [7, 11) is 1.61. The van der Waals surface area contributed by atoms with E-state index in [1.807, 2.05) is 108 Å². The molecule has 0 heterocycles. The Hall–Kier alpha value is -4.12. The molecule has 4 rings (SSSR count). The molecule has 0 fully saturated rings. The predicted octanol–water partition coefficient (Wildman–Crippen LogP) is 8.51. The first-order valence-corrected chi connectivity index (χ1v) is 13.9. The van der Waals surface area contributed by atoms with Crippen LogP contribution in [0.25, 0.3) is 10.8 Å². The fourth-order valence-electron chi connectivity index (χ4n) is 4.64. The van der Waals surface area contributed by atoms with Crippen LogP contribution >= 0.6 is 0 Å². The smallest absolute Gasteiger partial charge is 0.312 e. The van der Waals surface area contributed by atoms with E-state index in [4.69, 9.17) is 14.2 Å². The standard InChI is InChI=1S/C36H40O5/c1-23-17-22-30(27-14-10-9-13-26(23)27)32(41-34(38)36(5,6)7)29-16-12-11-15-28(29)31(40-33(37)35(2,3)4)24-18-20-25(39-8)21-19-24/h9-22,31-32H,1-8H3. The molecule has 0 N–H and O–H groups in total. The van der Waals surface area contributed by atoms with Crippen molar-refractivity contribution >= 4 is 22.7 Å². The summed E-state index contributed by atoms with van der Waals surface area (Å²) in [6.07, 6.45) is -1.48. The molecule has 0 aromatic heterocycles. The van der Waals surface area contributed by atoms with Crippen molar-refractivity contribution in [2.24, 2.45) is 10.8 Å². The fourth-order valence-corrected chi connectivity index (χ4v) is 4.64. The number of rotatable bonds is 7. The molecular formula is C36H40O5. The molecule has 4 aromatic rings. The maximum absolute atomic E-state index is 13.4. The lowest BCUT2D eigenvalue weighted by atomic mass is 9.87. The van der Waals surface area contributed by atoms with Crippen LogP contribution in [0.4, 0.5) is 0 Å². The first kappa shape index (κ1) is 29.9. The highest BCUT2D eigenvalue weighted by molar-refractivity contribution is 5.89. The Labute approximate surface area is 243 Å². The summed E-state index contributed by atoms with van der Waals surface area (Å²) in [5.41, 5.74) is 2.84. The van der Waals surface area contributed by atoms with Gasteiger partial charge in [0.15, 0.2) is 12.2 Å². The number of ether oxygens (including phenoxy) is 3. The van der Waals surface area contributed by atoms with Gasteiger partial charge in [-0.05, 0) is 82.5 Å². The van der Waals surface area contributed by atoms with Gasteiger partial charge >= 0.3 is 11.9 Å². The quantitative estimate of drug-likeness (QED) is 0.215. The maximum Gasteiger partial charge on any atom is 0.312 e. The summed E-state index contributed by atoms with van der Waals surface area (Å²) >= 11 is 0. The molecule has 0 aliphatic carbocycles. The van der Waals surface area contributed by atoms with E-state index >= 15 is 0 Å². The molecule has 41 heavy (non-hydrogen) atoms. The Morgan fingerprint density at radius 1 is 0.585 bits per heavy atom. The summed E-state index contributed by atoms with van der Waals surface area (Å²) in [4.78, 5) is 26.7. The first-order chi connectivity index (χ1) is 19.3. The van der Waals surface area contributed by atoms with E-state index in [1.165, 1.54) is 0 Å². The van der Waals surface area contributed by atoms with Crippen molar-refractivity contribution in [3.63, 3.8) is 0 Å². The van der Waals surface area contributed by atoms with Gasteiger partial charge in [0.25, 0.3) is 0 Å². The first-order valence-electron chi connectivity index (χ1n) is 13.9. The van der Waals surface area contributed by atoms with E-state index in [1.54, 1.807) is 7.11 Å². The van der Waals surface area contributed by atoms with Gasteiger partial charge in [0.2, 0.25) is 0 Å². The fraction of sp³-hybridized carbons (Fsp3) is 0.333. The molecule has 5 heteroatoms. The molecule has 5 nitrogen and oxygen atoms in total. The molecule has 4 aromatic carbocycles. The number of methoxy groups -OCH3 is 1. The zero-order chi connectivity index (χ0) is 29.9. The van der Waals surface area contributed by atoms with E-state index in [9.17, 15) is 9.59 Å². The van der Waals surface area contributed by atoms with E-state index in [-0.39, 0.29) is 11.9 Å². The summed E-state index contributed by atoms with van der Waals surface area (Å²) in [6.45, 7) is 13.1. The van der Waals surface area contributed by atoms with Gasteiger partial charge in [0.1, 0.15) is 5.75 Å². The van der Waals surface area contributed by atoms with Crippen LogP contribution in [0.15, 0.2) is 84.9 Å². The second-order valence-electron chi connectivity index (χ2n) is 12.5. The third-order valence-corrected chi connectivity index (χ3v) is 7.11. The molecular weight excluding hydrogens is 512 g/mol. The van der Waals surface area contributed by atoms with Crippen molar-refractivity contribution in [3.05, 3.63) is 113 Å². The third-order valence-electron chi connectivity index (χ3n) is 7.11. The van der Waals surface area contributed by atoms with Crippen molar-refractivity contribution in [1.82, 2.24) is 0 Å². The monoisotopic (exact) mass is 552 g/mol. The lowest BCUT2D eigenvalue weighted by molar-refractivity contribution is -0.158. The average Bonchev–Trinajstić information content (AvgIpc) is 2.94. The van der Waals surface area contributed by atoms with E-state index in [0.717, 1.165) is 38.6 Å². The van der Waals surface area contributed by atoms with E-state index < -0.39 is 23.0 Å². The SMILES string of the molecule is COc1ccc(C(OC(=O)C(C)(C)C)c2ccccc2C(OC(=O)C(C)(C)C)c2ccc(C)c3ccccc23)cc1. The number of hydrogen-bond donors (Lipinski definition) is 0. The van der Waals surface area contributed by atoms with Gasteiger partial charge in [0.05, 0.1) is 17.9 Å². The number of carbonyl (C=O) groups is 2. The van der Waals surface area contributed by atoms with Gasteiger partial charge < -0.3 is 14.2 Å². The summed E-state index contributed by atoms with van der Waals surface area (Å²) in [6, 6.07) is 27.4. The van der Waals surface area contributed by atoms with Crippen molar-refractivity contribution < 1.29 is 23.8 Å². The predicted molar refractivity (Wildman–Crippen MR) is 163 cm³/mol. The van der Waals surface area contributed by atoms with Crippen LogP contribution in [0.3, 0.4) is 0 Å². The van der Waals surface area contributed by atoms with Crippen LogP contribution in [-0.2, 0) is 19.1 Å². The molecule has 2 atom stereocenters. The minimum Gasteiger partial charge on any atom is -0.497 e. The maximum atomic E-state index is 13.4. The van der Waals surface area contributed by atoms with Crippen molar-refractivity contribution in [2.75, 3.05) is 7.11 Å². The number of aryl methyl sites for hydroxylation is 1. The van der Waals surface area contributed by atoms with Crippen LogP contribution in [-0.4, -0.2) is 19.0 Å². The second-order valence-corrected chi connectivity index (χ2v) is 12.5. The molecule has 0 bridgehead atoms. The Morgan fingerprint density at radius 2 is 1.07 bits per heavy atom. The molecule has 0 radical (unpaired) electrons. The molecule has 214 valence electrons. The van der Waals surface area contributed by atoms with Gasteiger partial charge in [-0.15, -0.1) is 0 Å². The summed E-state index contributed by atoms with van der Waals surface area (Å²) in [5, 5.41) is 2.09. The third kappa shape index (κ3) is 6.62. The van der Waals surface area contributed by atoms with Crippen LogP contribution in [0, 0.1) is 17.8 Å². The highest BCUT2D eigenvalue weighted by atomic mass is 16.6. The number of fused-ring (bicyclic) bond motifs is 1. The van der Waals surface area contributed by atoms with Gasteiger partial charge in [-0.1, -0.05) is 72.8 Å². The molecule has 0 saturated carbocycles. The van der Waals surface area contributed by atoms with Gasteiger partial charge in [0, 0.05) is 16.7 Å². The highest BCUT2D eigenvalue weighted by Crippen LogP contribution is 2.41. The molecule has 0 aliphatic rings. The normalized spacial score (nSPS) is 13.4. The zero-order valence-corrected chi connectivity index (χ0v) is 25.3. The number of hydrogen-bond acceptors (Lipinski definition) is 5. The van der Waals surface area contributed by atoms with Crippen LogP contribution < -0.4 is 4.74 Å². The molecule has 0 aliphatic heterocycles. The number of carbonyl (C=O) groups excluding carboxylic acids is 2. The minimum atomic E-state index is -0.739. The molecule has 0 spiro atoms. The zero-order valence-electron chi connectivity index (χ0n) is 25.3. The largest absolute Gasteiger partial charge is 0.497 e. The molecule has 0 saturated heterocycles. The van der Waals surface area contributed by atoms with E-state index in [0.29, 0.717) is 5.75 Å². The second kappa shape index (κ2) is 11.8. The summed E-state index contributed by atoms with van der Waals surface area (Å²) in [5.74, 6) is 0.0397. The lowest BCUT2D eigenvalue weighted by Gasteiger charge is -2.30. The molecule has 2 unspecified atom stereocenters. The number of benzene rings is 4. The van der Waals surface area contributed by atoms with Crippen LogP contribution in [0.2, 0.25) is 0 Å². The van der Waals surface area contributed by atoms with Crippen molar-refractivity contribution in [1.29, 1.82) is 0 Å². The lowest BCUT2D eigenvalue weighted by Crippen LogP contribution is -2.28. The van der Waals surface area contributed by atoms with Gasteiger partial charge in [-0.2, -0.15) is 0 Å². The van der Waals surface area contributed by atoms with Crippen molar-refractivity contribution in [2.45, 2.75) is 60.7 Å². The van der Waals surface area contributed by atoms with Gasteiger partial charge in [-0.3, -0.25) is 9.59 Å². The average molecular weight is 553 g/mol. The van der Waals surface area contributed by atoms with Gasteiger partial charge in [-0.25, -0.2) is 0 Å². The topological polar surface area (TPSA) is 61.8 Å². The Kier molecular flexibility index (Phi) is 8.58. The Balaban J connectivity index is 1.96.